The van der Waals surface area contributed by atoms with Crippen molar-refractivity contribution in [2.45, 2.75) is 12.3 Å². The number of nitrogens with one attached hydrogen (secondary N) is 2. The summed E-state index contributed by atoms with van der Waals surface area (Å²) >= 11 is 0. The van der Waals surface area contributed by atoms with Crippen LogP contribution in [-0.4, -0.2) is 26.2 Å². The summed E-state index contributed by atoms with van der Waals surface area (Å²) in [7, 11) is -3.64. The van der Waals surface area contributed by atoms with Crippen LogP contribution in [0.25, 0.3) is 0 Å². The van der Waals surface area contributed by atoms with Gasteiger partial charge < -0.3 is 5.32 Å². The van der Waals surface area contributed by atoms with Crippen molar-refractivity contribution in [3.63, 3.8) is 0 Å². The Morgan fingerprint density at radius 2 is 2.13 bits per heavy atom. The zero-order chi connectivity index (χ0) is 16.6. The van der Waals surface area contributed by atoms with E-state index in [1.165, 1.54) is 0 Å². The molecule has 0 saturated heterocycles. The molecule has 122 valence electrons. The van der Waals surface area contributed by atoms with Crippen LogP contribution in [0.4, 0.5) is 20.3 Å². The highest BCUT2D eigenvalue weighted by atomic mass is 32.2. The zero-order valence-corrected chi connectivity index (χ0v) is 13.1. The third-order valence-corrected chi connectivity index (χ3v) is 4.32. The normalized spacial score (nSPS) is 16.7. The smallest absolute Gasteiger partial charge is 0.229 e. The maximum Gasteiger partial charge on any atom is 0.229 e. The van der Waals surface area contributed by atoms with E-state index in [2.05, 4.69) is 15.0 Å². The maximum absolute atomic E-state index is 14.5. The minimum absolute atomic E-state index is 0.114. The first-order valence-corrected chi connectivity index (χ1v) is 8.88. The lowest BCUT2D eigenvalue weighted by Gasteiger charge is -2.14. The summed E-state index contributed by atoms with van der Waals surface area (Å²) in [5, 5.41) is 3.09. The van der Waals surface area contributed by atoms with Crippen LogP contribution in [0.15, 0.2) is 30.5 Å². The molecule has 23 heavy (non-hydrogen) atoms. The number of pyridine rings is 1. The molecular weight excluding hydrogens is 324 g/mol. The molecule has 0 aliphatic carbocycles. The molecule has 0 spiro atoms. The predicted octanol–water partition coefficient (Wildman–Crippen LogP) is 2.48. The number of hydrogen-bond donors (Lipinski definition) is 2. The summed E-state index contributed by atoms with van der Waals surface area (Å²) in [5.41, 5.74) is 0.510. The Kier molecular flexibility index (Phi) is 3.93. The van der Waals surface area contributed by atoms with E-state index in [0.29, 0.717) is 12.4 Å². The highest BCUT2D eigenvalue weighted by Gasteiger charge is 2.26. The Bertz CT molecular complexity index is 856. The van der Waals surface area contributed by atoms with Crippen molar-refractivity contribution in [1.29, 1.82) is 0 Å². The van der Waals surface area contributed by atoms with Crippen LogP contribution >= 0.6 is 0 Å². The topological polar surface area (TPSA) is 71.1 Å². The number of fused-ring (bicyclic) bond motifs is 1. The number of rotatable bonds is 4. The van der Waals surface area contributed by atoms with Crippen molar-refractivity contribution >= 4 is 21.5 Å². The Balaban J connectivity index is 1.93. The van der Waals surface area contributed by atoms with Gasteiger partial charge in [-0.25, -0.2) is 22.2 Å². The predicted molar refractivity (Wildman–Crippen MR) is 84.0 cm³/mol. The largest absolute Gasteiger partial charge is 0.369 e. The summed E-state index contributed by atoms with van der Waals surface area (Å²) < 4.78 is 53.1. The number of aromatic nitrogens is 1. The molecule has 3 rings (SSSR count). The molecule has 1 aromatic heterocycles. The van der Waals surface area contributed by atoms with Gasteiger partial charge in [0.2, 0.25) is 10.0 Å². The number of hydrogen-bond acceptors (Lipinski definition) is 4. The standard InChI is InChI=1S/C15H15F2N3O2S/c1-23(21,22)20-13-5-4-12(16)11(14(13)17)7-9-8-19-15-10(9)3-2-6-18-15/h2-6,9,20H,7-8H2,1H3,(H,18,19). The molecule has 0 amide bonds. The molecule has 1 aliphatic rings. The van der Waals surface area contributed by atoms with Gasteiger partial charge in [-0.1, -0.05) is 6.07 Å². The summed E-state index contributed by atoms with van der Waals surface area (Å²) in [6.07, 6.45) is 2.67. The minimum Gasteiger partial charge on any atom is -0.369 e. The monoisotopic (exact) mass is 339 g/mol. The molecule has 0 fully saturated rings. The highest BCUT2D eigenvalue weighted by Crippen LogP contribution is 2.34. The maximum atomic E-state index is 14.5. The van der Waals surface area contributed by atoms with Gasteiger partial charge in [0, 0.05) is 24.2 Å². The quantitative estimate of drug-likeness (QED) is 0.898. The lowest BCUT2D eigenvalue weighted by molar-refractivity contribution is 0.545. The summed E-state index contributed by atoms with van der Waals surface area (Å²) in [5.74, 6) is -0.994. The van der Waals surface area contributed by atoms with Crippen LogP contribution in [-0.2, 0) is 16.4 Å². The molecule has 2 N–H and O–H groups in total. The number of nitrogens with zero attached hydrogens (tertiary/aromatic N) is 1. The molecule has 0 radical (unpaired) electrons. The molecule has 2 heterocycles. The average Bonchev–Trinajstić information content (AvgIpc) is 2.89. The van der Waals surface area contributed by atoms with E-state index in [-0.39, 0.29) is 23.6 Å². The molecular formula is C15H15F2N3O2S. The molecule has 1 unspecified atom stereocenters. The second-order valence-corrected chi connectivity index (χ2v) is 7.23. The second-order valence-electron chi connectivity index (χ2n) is 5.48. The minimum atomic E-state index is -3.64. The SMILES string of the molecule is CS(=O)(=O)Nc1ccc(F)c(CC2CNc3ncccc32)c1F. The van der Waals surface area contributed by atoms with Gasteiger partial charge in [-0.15, -0.1) is 0 Å². The number of benzene rings is 1. The van der Waals surface area contributed by atoms with Crippen molar-refractivity contribution in [2.75, 3.05) is 22.8 Å². The molecule has 0 bridgehead atoms. The van der Waals surface area contributed by atoms with E-state index in [1.54, 1.807) is 12.3 Å². The Morgan fingerprint density at radius 3 is 2.87 bits per heavy atom. The van der Waals surface area contributed by atoms with E-state index >= 15 is 0 Å². The third-order valence-electron chi connectivity index (χ3n) is 3.73. The Labute approximate surface area is 132 Å². The number of halogens is 2. The molecule has 1 atom stereocenters. The second kappa shape index (κ2) is 5.77. The first-order chi connectivity index (χ1) is 10.8. The lowest BCUT2D eigenvalue weighted by atomic mass is 9.94. The fourth-order valence-electron chi connectivity index (χ4n) is 2.72. The van der Waals surface area contributed by atoms with Gasteiger partial charge >= 0.3 is 0 Å². The van der Waals surface area contributed by atoms with Crippen LogP contribution in [0.5, 0.6) is 0 Å². The van der Waals surface area contributed by atoms with Gasteiger partial charge in [-0.2, -0.15) is 0 Å². The first-order valence-electron chi connectivity index (χ1n) is 6.98. The highest BCUT2D eigenvalue weighted by molar-refractivity contribution is 7.92. The van der Waals surface area contributed by atoms with Crippen molar-refractivity contribution in [2.24, 2.45) is 0 Å². The first kappa shape index (κ1) is 15.7. The molecule has 5 nitrogen and oxygen atoms in total. The molecule has 2 aromatic rings. The molecule has 8 heteroatoms. The third kappa shape index (κ3) is 3.26. The fraction of sp³-hybridized carbons (Fsp3) is 0.267. The Morgan fingerprint density at radius 1 is 1.35 bits per heavy atom. The van der Waals surface area contributed by atoms with Gasteiger partial charge in [0.05, 0.1) is 11.9 Å². The van der Waals surface area contributed by atoms with Gasteiger partial charge in [0.25, 0.3) is 0 Å². The summed E-state index contributed by atoms with van der Waals surface area (Å²) in [6, 6.07) is 5.78. The fourth-order valence-corrected chi connectivity index (χ4v) is 3.27. The van der Waals surface area contributed by atoms with Gasteiger partial charge in [0.1, 0.15) is 11.6 Å². The van der Waals surface area contributed by atoms with Crippen molar-refractivity contribution in [1.82, 2.24) is 4.98 Å². The van der Waals surface area contributed by atoms with Crippen LogP contribution in [0.3, 0.4) is 0 Å². The molecule has 1 aromatic carbocycles. The lowest BCUT2D eigenvalue weighted by Crippen LogP contribution is -2.14. The van der Waals surface area contributed by atoms with E-state index in [1.807, 2.05) is 6.07 Å². The van der Waals surface area contributed by atoms with Gasteiger partial charge in [0.15, 0.2) is 5.82 Å². The van der Waals surface area contributed by atoms with Crippen LogP contribution in [0, 0.1) is 11.6 Å². The number of anilines is 2. The van der Waals surface area contributed by atoms with E-state index in [0.717, 1.165) is 24.0 Å². The van der Waals surface area contributed by atoms with E-state index in [9.17, 15) is 17.2 Å². The van der Waals surface area contributed by atoms with Crippen molar-refractivity contribution in [3.8, 4) is 0 Å². The van der Waals surface area contributed by atoms with Crippen LogP contribution < -0.4 is 10.0 Å². The van der Waals surface area contributed by atoms with Crippen molar-refractivity contribution < 1.29 is 17.2 Å². The van der Waals surface area contributed by atoms with Gasteiger partial charge in [-0.3, -0.25) is 4.72 Å². The van der Waals surface area contributed by atoms with E-state index < -0.39 is 21.7 Å². The average molecular weight is 339 g/mol. The van der Waals surface area contributed by atoms with E-state index in [4.69, 9.17) is 0 Å². The summed E-state index contributed by atoms with van der Waals surface area (Å²) in [4.78, 5) is 4.17. The van der Waals surface area contributed by atoms with Crippen LogP contribution in [0.1, 0.15) is 17.0 Å². The molecule has 1 aliphatic heterocycles. The Hall–Kier alpha value is -2.22. The number of sulfonamides is 1. The zero-order valence-electron chi connectivity index (χ0n) is 12.3. The van der Waals surface area contributed by atoms with Crippen LogP contribution in [0.2, 0.25) is 0 Å². The molecule has 0 saturated carbocycles. The van der Waals surface area contributed by atoms with Gasteiger partial charge in [-0.05, 0) is 30.2 Å². The summed E-state index contributed by atoms with van der Waals surface area (Å²) in [6.45, 7) is 0.523. The van der Waals surface area contributed by atoms with Crippen molar-refractivity contribution in [3.05, 3.63) is 53.2 Å².